The Morgan fingerprint density at radius 2 is 1.53 bits per heavy atom. The fraction of sp³-hybridized carbons (Fsp3) is 0.167. The van der Waals surface area contributed by atoms with Crippen molar-refractivity contribution in [2.24, 2.45) is 5.92 Å². The van der Waals surface area contributed by atoms with E-state index < -0.39 is 11.9 Å². The summed E-state index contributed by atoms with van der Waals surface area (Å²) < 4.78 is 15.0. The van der Waals surface area contributed by atoms with E-state index in [9.17, 15) is 20.1 Å². The lowest BCUT2D eigenvalue weighted by Gasteiger charge is -2.39. The average Bonchev–Trinajstić information content (AvgIpc) is 2.89. The Balaban J connectivity index is 1.26. The van der Waals surface area contributed by atoms with Crippen molar-refractivity contribution in [1.82, 2.24) is 0 Å². The maximum Gasteiger partial charge on any atom is 0.231 e. The molecule has 1 saturated heterocycles. The van der Waals surface area contributed by atoms with Crippen LogP contribution < -0.4 is 4.90 Å². The Morgan fingerprint density at radius 1 is 0.833 bits per heavy atom. The van der Waals surface area contributed by atoms with Gasteiger partial charge in [-0.05, 0) is 60.4 Å². The highest BCUT2D eigenvalue weighted by atomic mass is 19.1. The van der Waals surface area contributed by atoms with Crippen molar-refractivity contribution in [2.75, 3.05) is 11.4 Å². The lowest BCUT2D eigenvalue weighted by atomic mass is 9.90. The molecule has 1 heterocycles. The number of phenolic OH excluding ortho intramolecular Hbond substituents is 2. The SMILES string of the molecule is O=C1C(CC[C@H](O)c2ccccc2)CN1c1ccc(-c2ccc(-c3ccccc3O)c(O)c2)c(F)c1. The van der Waals surface area contributed by atoms with Crippen LogP contribution in [0.1, 0.15) is 24.5 Å². The Bertz CT molecular complexity index is 1410. The van der Waals surface area contributed by atoms with E-state index in [1.807, 2.05) is 30.3 Å². The largest absolute Gasteiger partial charge is 0.507 e. The quantitative estimate of drug-likeness (QED) is 0.280. The smallest absolute Gasteiger partial charge is 0.231 e. The van der Waals surface area contributed by atoms with Gasteiger partial charge in [-0.25, -0.2) is 4.39 Å². The van der Waals surface area contributed by atoms with Gasteiger partial charge in [0.15, 0.2) is 0 Å². The number of hydrogen-bond acceptors (Lipinski definition) is 4. The monoisotopic (exact) mass is 483 g/mol. The highest BCUT2D eigenvalue weighted by Crippen LogP contribution is 2.39. The number of aromatic hydroxyl groups is 2. The minimum Gasteiger partial charge on any atom is -0.507 e. The maximum absolute atomic E-state index is 15.0. The molecule has 36 heavy (non-hydrogen) atoms. The van der Waals surface area contributed by atoms with Crippen LogP contribution in [0.5, 0.6) is 11.5 Å². The van der Waals surface area contributed by atoms with Gasteiger partial charge in [-0.15, -0.1) is 0 Å². The van der Waals surface area contributed by atoms with Crippen molar-refractivity contribution in [1.29, 1.82) is 0 Å². The summed E-state index contributed by atoms with van der Waals surface area (Å²) in [6.45, 7) is 0.481. The van der Waals surface area contributed by atoms with E-state index in [1.54, 1.807) is 47.4 Å². The molecule has 0 radical (unpaired) electrons. The third kappa shape index (κ3) is 4.55. The molecule has 182 valence electrons. The van der Waals surface area contributed by atoms with Crippen LogP contribution >= 0.6 is 0 Å². The molecule has 0 aromatic heterocycles. The number of aliphatic hydroxyl groups excluding tert-OH is 1. The third-order valence-electron chi connectivity index (χ3n) is 6.76. The number of phenols is 2. The van der Waals surface area contributed by atoms with E-state index >= 15 is 4.39 Å². The molecule has 5 rings (SSSR count). The maximum atomic E-state index is 15.0. The van der Waals surface area contributed by atoms with Gasteiger partial charge in [0.25, 0.3) is 0 Å². The molecule has 0 spiro atoms. The minimum absolute atomic E-state index is 0.0446. The van der Waals surface area contributed by atoms with Crippen molar-refractivity contribution in [3.63, 3.8) is 0 Å². The fourth-order valence-electron chi connectivity index (χ4n) is 4.68. The van der Waals surface area contributed by atoms with Gasteiger partial charge in [-0.2, -0.15) is 0 Å². The van der Waals surface area contributed by atoms with Gasteiger partial charge in [0.05, 0.1) is 12.0 Å². The molecule has 0 bridgehead atoms. The molecule has 1 aliphatic rings. The number of rotatable bonds is 7. The number of β-lactam (4-membered cyclic amide) rings is 1. The lowest BCUT2D eigenvalue weighted by molar-refractivity contribution is -0.127. The number of carbonyl (C=O) groups excluding carboxylic acids is 1. The molecule has 0 saturated carbocycles. The number of anilines is 1. The first kappa shape index (κ1) is 23.6. The van der Waals surface area contributed by atoms with Crippen LogP contribution in [0.4, 0.5) is 10.1 Å². The minimum atomic E-state index is -0.613. The second-order valence-corrected chi connectivity index (χ2v) is 9.06. The van der Waals surface area contributed by atoms with Crippen molar-refractivity contribution < 1.29 is 24.5 Å². The Hall–Kier alpha value is -4.16. The summed E-state index contributed by atoms with van der Waals surface area (Å²) in [5, 5.41) is 30.9. The molecule has 3 N–H and O–H groups in total. The first-order valence-corrected chi connectivity index (χ1v) is 11.9. The van der Waals surface area contributed by atoms with Gasteiger partial charge in [0.2, 0.25) is 5.91 Å². The van der Waals surface area contributed by atoms with Crippen LogP contribution in [0, 0.1) is 11.7 Å². The van der Waals surface area contributed by atoms with Crippen LogP contribution in [0.3, 0.4) is 0 Å². The summed E-state index contributed by atoms with van der Waals surface area (Å²) in [4.78, 5) is 14.2. The highest BCUT2D eigenvalue weighted by molar-refractivity contribution is 6.01. The number of carbonyl (C=O) groups is 1. The summed E-state index contributed by atoms with van der Waals surface area (Å²) >= 11 is 0. The molecule has 0 aliphatic carbocycles. The molecule has 2 atom stereocenters. The van der Waals surface area contributed by atoms with Crippen molar-refractivity contribution in [3.8, 4) is 33.8 Å². The van der Waals surface area contributed by atoms with Crippen LogP contribution in [0.2, 0.25) is 0 Å². The van der Waals surface area contributed by atoms with Gasteiger partial charge < -0.3 is 20.2 Å². The predicted octanol–water partition coefficient (Wildman–Crippen LogP) is 6.05. The first-order valence-electron chi connectivity index (χ1n) is 11.9. The number of hydrogen-bond donors (Lipinski definition) is 3. The molecular weight excluding hydrogens is 457 g/mol. The van der Waals surface area contributed by atoms with E-state index in [0.717, 1.165) is 5.56 Å². The molecule has 4 aromatic carbocycles. The van der Waals surface area contributed by atoms with Crippen molar-refractivity contribution >= 4 is 11.6 Å². The Labute approximate surface area is 208 Å². The van der Waals surface area contributed by atoms with E-state index in [0.29, 0.717) is 47.3 Å². The van der Waals surface area contributed by atoms with Gasteiger partial charge in [-0.3, -0.25) is 4.79 Å². The molecule has 1 amide bonds. The molecule has 5 nitrogen and oxygen atoms in total. The average molecular weight is 484 g/mol. The molecule has 6 heteroatoms. The zero-order valence-electron chi connectivity index (χ0n) is 19.5. The van der Waals surface area contributed by atoms with Crippen LogP contribution in [0.15, 0.2) is 91.0 Å². The van der Waals surface area contributed by atoms with E-state index in [4.69, 9.17) is 0 Å². The van der Waals surface area contributed by atoms with Gasteiger partial charge >= 0.3 is 0 Å². The number of halogens is 1. The lowest BCUT2D eigenvalue weighted by Crippen LogP contribution is -2.52. The summed E-state index contributed by atoms with van der Waals surface area (Å²) in [6.07, 6.45) is 0.439. The third-order valence-corrected chi connectivity index (χ3v) is 6.76. The second-order valence-electron chi connectivity index (χ2n) is 9.06. The van der Waals surface area contributed by atoms with E-state index in [-0.39, 0.29) is 23.3 Å². The fourth-order valence-corrected chi connectivity index (χ4v) is 4.68. The normalized spacial score (nSPS) is 16.0. The van der Waals surface area contributed by atoms with Crippen LogP contribution in [0.25, 0.3) is 22.3 Å². The molecule has 1 unspecified atom stereocenters. The summed E-state index contributed by atoms with van der Waals surface area (Å²) in [7, 11) is 0. The van der Waals surface area contributed by atoms with E-state index in [2.05, 4.69) is 0 Å². The van der Waals surface area contributed by atoms with E-state index in [1.165, 1.54) is 18.2 Å². The zero-order valence-corrected chi connectivity index (χ0v) is 19.5. The molecule has 4 aromatic rings. The van der Waals surface area contributed by atoms with Crippen LogP contribution in [-0.2, 0) is 4.79 Å². The molecule has 1 fully saturated rings. The predicted molar refractivity (Wildman–Crippen MR) is 137 cm³/mol. The second kappa shape index (κ2) is 9.84. The van der Waals surface area contributed by atoms with Crippen molar-refractivity contribution in [3.05, 3.63) is 102 Å². The Kier molecular flexibility index (Phi) is 6.44. The van der Waals surface area contributed by atoms with Gasteiger partial charge in [-0.1, -0.05) is 54.6 Å². The summed E-state index contributed by atoms with van der Waals surface area (Å²) in [5.74, 6) is -0.797. The zero-order chi connectivity index (χ0) is 25.2. The van der Waals surface area contributed by atoms with Gasteiger partial charge in [0, 0.05) is 28.9 Å². The first-order chi connectivity index (χ1) is 17.4. The number of nitrogens with zero attached hydrogens (tertiary/aromatic N) is 1. The molecular formula is C30H26FNO4. The number of para-hydroxylation sites is 1. The summed E-state index contributed by atoms with van der Waals surface area (Å²) in [5.41, 5.74) is 3.03. The van der Waals surface area contributed by atoms with Crippen molar-refractivity contribution in [2.45, 2.75) is 18.9 Å². The summed E-state index contributed by atoms with van der Waals surface area (Å²) in [6, 6.07) is 25.4. The number of amides is 1. The molecule has 1 aliphatic heterocycles. The van der Waals surface area contributed by atoms with Gasteiger partial charge in [0.1, 0.15) is 17.3 Å². The highest BCUT2D eigenvalue weighted by Gasteiger charge is 2.37. The van der Waals surface area contributed by atoms with Crippen LogP contribution in [-0.4, -0.2) is 27.8 Å². The topological polar surface area (TPSA) is 81.0 Å². The number of aliphatic hydroxyl groups is 1. The standard InChI is InChI=1S/C30H26FNO4/c31-26-17-22(32-18-21(30(32)36)11-15-27(33)19-6-2-1-3-7-19)12-14-23(26)20-10-13-25(29(35)16-20)24-8-4-5-9-28(24)34/h1-10,12-14,16-17,21,27,33-35H,11,15,18H2/t21?,27-/m0/s1. The Morgan fingerprint density at radius 3 is 2.22 bits per heavy atom. The number of benzene rings is 4.